The lowest BCUT2D eigenvalue weighted by Crippen LogP contribution is -2.10. The van der Waals surface area contributed by atoms with Gasteiger partial charge >= 0.3 is 0 Å². The quantitative estimate of drug-likeness (QED) is 0.689. The molecule has 1 aromatic heterocycles. The molecule has 1 heterocycles. The Kier molecular flexibility index (Phi) is 3.59. The summed E-state index contributed by atoms with van der Waals surface area (Å²) in [6.07, 6.45) is 10.4. The van der Waals surface area contributed by atoms with Gasteiger partial charge in [0.2, 0.25) is 0 Å². The third-order valence-corrected chi connectivity index (χ3v) is 3.09. The van der Waals surface area contributed by atoms with Crippen LogP contribution in [0.1, 0.15) is 50.7 Å². The summed E-state index contributed by atoms with van der Waals surface area (Å²) in [4.78, 5) is 4.65. The van der Waals surface area contributed by atoms with E-state index in [0.29, 0.717) is 12.0 Å². The SMILES string of the molecule is CC(C=NC1CCCCC1)c1ccco1. The van der Waals surface area contributed by atoms with Gasteiger partial charge in [-0.15, -0.1) is 0 Å². The molecule has 1 fully saturated rings. The minimum absolute atomic E-state index is 0.307. The molecule has 0 bridgehead atoms. The van der Waals surface area contributed by atoms with Gasteiger partial charge in [0, 0.05) is 18.2 Å². The van der Waals surface area contributed by atoms with Crippen molar-refractivity contribution in [3.05, 3.63) is 24.2 Å². The molecule has 0 amide bonds. The monoisotopic (exact) mass is 205 g/mol. The van der Waals surface area contributed by atoms with Crippen LogP contribution >= 0.6 is 0 Å². The highest BCUT2D eigenvalue weighted by Crippen LogP contribution is 2.21. The van der Waals surface area contributed by atoms with Crippen molar-refractivity contribution in [1.29, 1.82) is 0 Å². The Balaban J connectivity index is 1.87. The first-order valence-electron chi connectivity index (χ1n) is 5.93. The van der Waals surface area contributed by atoms with Gasteiger partial charge in [-0.3, -0.25) is 4.99 Å². The van der Waals surface area contributed by atoms with E-state index < -0.39 is 0 Å². The van der Waals surface area contributed by atoms with Crippen LogP contribution in [0.2, 0.25) is 0 Å². The largest absolute Gasteiger partial charge is 0.469 e. The van der Waals surface area contributed by atoms with E-state index in [1.807, 2.05) is 12.1 Å². The Morgan fingerprint density at radius 1 is 1.40 bits per heavy atom. The maximum atomic E-state index is 5.34. The summed E-state index contributed by atoms with van der Waals surface area (Å²) in [5, 5.41) is 0. The van der Waals surface area contributed by atoms with Crippen LogP contribution in [0.5, 0.6) is 0 Å². The molecule has 0 N–H and O–H groups in total. The van der Waals surface area contributed by atoms with Crippen LogP contribution in [0.15, 0.2) is 27.8 Å². The van der Waals surface area contributed by atoms with Crippen LogP contribution in [-0.4, -0.2) is 12.3 Å². The molecule has 2 rings (SSSR count). The second-order valence-electron chi connectivity index (χ2n) is 4.39. The topological polar surface area (TPSA) is 25.5 Å². The van der Waals surface area contributed by atoms with Gasteiger partial charge in [0.1, 0.15) is 5.76 Å². The van der Waals surface area contributed by atoms with Crippen LogP contribution in [0.25, 0.3) is 0 Å². The standard InChI is InChI=1S/C13H19NO/c1-11(13-8-5-9-15-13)10-14-12-6-3-2-4-7-12/h5,8-12H,2-4,6-7H2,1H3. The van der Waals surface area contributed by atoms with Crippen LogP contribution < -0.4 is 0 Å². The fraction of sp³-hybridized carbons (Fsp3) is 0.615. The van der Waals surface area contributed by atoms with E-state index in [9.17, 15) is 0 Å². The molecule has 82 valence electrons. The second kappa shape index (κ2) is 5.15. The van der Waals surface area contributed by atoms with E-state index in [4.69, 9.17) is 4.42 Å². The first kappa shape index (κ1) is 10.5. The fourth-order valence-electron chi connectivity index (χ4n) is 2.10. The van der Waals surface area contributed by atoms with Crippen molar-refractivity contribution < 1.29 is 4.42 Å². The van der Waals surface area contributed by atoms with Gasteiger partial charge in [-0.05, 0) is 25.0 Å². The van der Waals surface area contributed by atoms with Gasteiger partial charge in [-0.2, -0.15) is 0 Å². The lowest BCUT2D eigenvalue weighted by atomic mass is 9.96. The maximum absolute atomic E-state index is 5.34. The van der Waals surface area contributed by atoms with Gasteiger partial charge in [0.05, 0.1) is 6.26 Å². The predicted octanol–water partition coefficient (Wildman–Crippen LogP) is 3.79. The van der Waals surface area contributed by atoms with Gasteiger partial charge in [0.15, 0.2) is 0 Å². The first-order valence-corrected chi connectivity index (χ1v) is 5.93. The van der Waals surface area contributed by atoms with Gasteiger partial charge < -0.3 is 4.42 Å². The molecule has 0 aliphatic heterocycles. The third-order valence-electron chi connectivity index (χ3n) is 3.09. The molecule has 1 aromatic rings. The maximum Gasteiger partial charge on any atom is 0.111 e. The van der Waals surface area contributed by atoms with Crippen LogP contribution in [0, 0.1) is 0 Å². The van der Waals surface area contributed by atoms with Crippen LogP contribution in [-0.2, 0) is 0 Å². The molecule has 0 aromatic carbocycles. The third kappa shape index (κ3) is 2.95. The molecule has 1 atom stereocenters. The number of aliphatic imine (C=N–C) groups is 1. The Labute approximate surface area is 91.4 Å². The zero-order valence-corrected chi connectivity index (χ0v) is 9.36. The zero-order chi connectivity index (χ0) is 10.5. The van der Waals surface area contributed by atoms with Gasteiger partial charge in [0.25, 0.3) is 0 Å². The second-order valence-corrected chi connectivity index (χ2v) is 4.39. The summed E-state index contributed by atoms with van der Waals surface area (Å²) >= 11 is 0. The number of hydrogen-bond donors (Lipinski definition) is 0. The lowest BCUT2D eigenvalue weighted by molar-refractivity contribution is 0.442. The molecule has 1 aliphatic carbocycles. The van der Waals surface area contributed by atoms with E-state index in [1.165, 1.54) is 32.1 Å². The molecule has 0 saturated heterocycles. The normalized spacial score (nSPS) is 20.9. The minimum atomic E-state index is 0.307. The van der Waals surface area contributed by atoms with Crippen LogP contribution in [0.4, 0.5) is 0 Å². The molecule has 0 spiro atoms. The summed E-state index contributed by atoms with van der Waals surface area (Å²) in [5.41, 5.74) is 0. The number of hydrogen-bond acceptors (Lipinski definition) is 2. The van der Waals surface area contributed by atoms with Gasteiger partial charge in [-0.1, -0.05) is 26.2 Å². The number of furan rings is 1. The predicted molar refractivity (Wildman–Crippen MR) is 62.5 cm³/mol. The highest BCUT2D eigenvalue weighted by molar-refractivity contribution is 5.66. The minimum Gasteiger partial charge on any atom is -0.469 e. The average molecular weight is 205 g/mol. The Morgan fingerprint density at radius 3 is 2.87 bits per heavy atom. The van der Waals surface area contributed by atoms with E-state index in [1.54, 1.807) is 6.26 Å². The Hall–Kier alpha value is -1.05. The summed E-state index contributed by atoms with van der Waals surface area (Å²) in [6.45, 7) is 2.13. The number of rotatable bonds is 3. The average Bonchev–Trinajstić information content (AvgIpc) is 2.81. The van der Waals surface area contributed by atoms with Crippen molar-refractivity contribution in [1.82, 2.24) is 0 Å². The molecule has 2 heteroatoms. The molecular weight excluding hydrogens is 186 g/mol. The van der Waals surface area contributed by atoms with Crippen molar-refractivity contribution in [3.63, 3.8) is 0 Å². The van der Waals surface area contributed by atoms with Crippen molar-refractivity contribution in [2.75, 3.05) is 0 Å². The molecule has 15 heavy (non-hydrogen) atoms. The first-order chi connectivity index (χ1) is 7.36. The van der Waals surface area contributed by atoms with Crippen molar-refractivity contribution in [2.24, 2.45) is 4.99 Å². The molecule has 0 radical (unpaired) electrons. The summed E-state index contributed by atoms with van der Waals surface area (Å²) in [5.74, 6) is 1.32. The smallest absolute Gasteiger partial charge is 0.111 e. The van der Waals surface area contributed by atoms with E-state index >= 15 is 0 Å². The lowest BCUT2D eigenvalue weighted by Gasteiger charge is -2.17. The summed E-state index contributed by atoms with van der Waals surface area (Å²) in [7, 11) is 0. The highest BCUT2D eigenvalue weighted by atomic mass is 16.3. The summed E-state index contributed by atoms with van der Waals surface area (Å²) < 4.78 is 5.34. The Morgan fingerprint density at radius 2 is 2.20 bits per heavy atom. The molecule has 1 unspecified atom stereocenters. The summed E-state index contributed by atoms with van der Waals surface area (Å²) in [6, 6.07) is 4.51. The zero-order valence-electron chi connectivity index (χ0n) is 9.36. The Bertz CT molecular complexity index is 296. The van der Waals surface area contributed by atoms with E-state index in [2.05, 4.69) is 18.1 Å². The molecule has 1 aliphatic rings. The van der Waals surface area contributed by atoms with Crippen LogP contribution in [0.3, 0.4) is 0 Å². The molecule has 2 nitrogen and oxygen atoms in total. The van der Waals surface area contributed by atoms with E-state index in [-0.39, 0.29) is 0 Å². The molecule has 1 saturated carbocycles. The van der Waals surface area contributed by atoms with Crippen molar-refractivity contribution in [3.8, 4) is 0 Å². The highest BCUT2D eigenvalue weighted by Gasteiger charge is 2.12. The van der Waals surface area contributed by atoms with Crippen molar-refractivity contribution in [2.45, 2.75) is 51.0 Å². The van der Waals surface area contributed by atoms with Gasteiger partial charge in [-0.25, -0.2) is 0 Å². The van der Waals surface area contributed by atoms with Crippen molar-refractivity contribution >= 4 is 6.21 Å². The molecular formula is C13H19NO. The van der Waals surface area contributed by atoms with E-state index in [0.717, 1.165) is 5.76 Å². The number of nitrogens with zero attached hydrogens (tertiary/aromatic N) is 1. The fourth-order valence-corrected chi connectivity index (χ4v) is 2.10.